The van der Waals surface area contributed by atoms with Crippen LogP contribution >= 0.6 is 0 Å². The molecule has 178 valence electrons. The number of rotatable bonds is 8. The van der Waals surface area contributed by atoms with Crippen LogP contribution in [0.2, 0.25) is 0 Å². The monoisotopic (exact) mass is 492 g/mol. The zero-order valence-corrected chi connectivity index (χ0v) is 18.3. The van der Waals surface area contributed by atoms with Gasteiger partial charge < -0.3 is 5.73 Å². The summed E-state index contributed by atoms with van der Waals surface area (Å²) in [5.74, 6) is 0.0676. The van der Waals surface area contributed by atoms with Crippen molar-refractivity contribution in [3.05, 3.63) is 105 Å². The first-order valence-electron chi connectivity index (χ1n) is 9.75. The summed E-state index contributed by atoms with van der Waals surface area (Å²) in [7, 11) is -3.89. The highest BCUT2D eigenvalue weighted by Crippen LogP contribution is 2.29. The van der Waals surface area contributed by atoms with Gasteiger partial charge in [0.15, 0.2) is 0 Å². The van der Waals surface area contributed by atoms with Crippen LogP contribution in [0.5, 0.6) is 0 Å². The average molecular weight is 492 g/mol. The number of nitro groups is 1. The molecule has 0 spiro atoms. The molecule has 0 aliphatic rings. The summed E-state index contributed by atoms with van der Waals surface area (Å²) in [6.45, 7) is 0.0983. The molecule has 12 heteroatoms. The summed E-state index contributed by atoms with van der Waals surface area (Å²) in [6, 6.07) is 15.7. The molecular weight excluding hydrogens is 473 g/mol. The van der Waals surface area contributed by atoms with Crippen LogP contribution in [0.1, 0.15) is 22.3 Å². The molecule has 0 heterocycles. The highest BCUT2D eigenvalue weighted by molar-refractivity contribution is 7.89. The van der Waals surface area contributed by atoms with Gasteiger partial charge in [-0.3, -0.25) is 15.1 Å². The maximum Gasteiger partial charge on any atom is 0.416 e. The summed E-state index contributed by atoms with van der Waals surface area (Å²) in [5.41, 5.74) is 6.57. The van der Waals surface area contributed by atoms with Crippen LogP contribution in [0.3, 0.4) is 0 Å². The lowest BCUT2D eigenvalue weighted by atomic mass is 10.1. The van der Waals surface area contributed by atoms with Gasteiger partial charge in [-0.15, -0.1) is 0 Å². The van der Waals surface area contributed by atoms with Crippen LogP contribution in [-0.4, -0.2) is 19.2 Å². The van der Waals surface area contributed by atoms with Crippen molar-refractivity contribution >= 4 is 21.5 Å². The van der Waals surface area contributed by atoms with E-state index in [0.717, 1.165) is 36.4 Å². The van der Waals surface area contributed by atoms with Gasteiger partial charge in [-0.2, -0.15) is 13.2 Å². The highest BCUT2D eigenvalue weighted by Gasteiger charge is 2.30. The first-order valence-corrected chi connectivity index (χ1v) is 11.2. The van der Waals surface area contributed by atoms with Crippen molar-refractivity contribution in [3.63, 3.8) is 0 Å². The number of nitrogens with one attached hydrogen (secondary N) is 1. The molecule has 0 saturated carbocycles. The first-order chi connectivity index (χ1) is 16.0. The lowest BCUT2D eigenvalue weighted by Gasteiger charge is -2.09. The summed E-state index contributed by atoms with van der Waals surface area (Å²) in [6.07, 6.45) is -4.44. The van der Waals surface area contributed by atoms with Crippen LogP contribution < -0.4 is 10.5 Å². The number of sulfonamides is 1. The van der Waals surface area contributed by atoms with Crippen molar-refractivity contribution in [3.8, 4) is 0 Å². The van der Waals surface area contributed by atoms with Crippen molar-refractivity contribution in [2.24, 2.45) is 10.7 Å². The molecule has 0 aromatic heterocycles. The molecule has 0 fully saturated rings. The van der Waals surface area contributed by atoms with Crippen molar-refractivity contribution in [2.75, 3.05) is 0 Å². The number of halogens is 3. The lowest BCUT2D eigenvalue weighted by molar-refractivity contribution is -0.384. The summed E-state index contributed by atoms with van der Waals surface area (Å²) < 4.78 is 65.3. The van der Waals surface area contributed by atoms with Gasteiger partial charge in [-0.1, -0.05) is 36.4 Å². The number of alkyl halides is 3. The van der Waals surface area contributed by atoms with Crippen LogP contribution in [0, 0.1) is 10.1 Å². The van der Waals surface area contributed by atoms with Gasteiger partial charge in [0, 0.05) is 24.2 Å². The molecule has 3 N–H and O–H groups in total. The molecule has 0 unspecified atom stereocenters. The molecule has 0 aliphatic heterocycles. The molecule has 0 bridgehead atoms. The molecule has 0 radical (unpaired) electrons. The number of benzene rings is 3. The van der Waals surface area contributed by atoms with Crippen LogP contribution in [0.15, 0.2) is 82.7 Å². The van der Waals surface area contributed by atoms with E-state index in [4.69, 9.17) is 5.73 Å². The fourth-order valence-electron chi connectivity index (χ4n) is 2.94. The Morgan fingerprint density at radius 1 is 1.00 bits per heavy atom. The SMILES string of the molecule is NC(=NCc1cccc(CNS(=O)(=O)c2ccc([N+](=O)[O-])cc2)c1)c1ccc(C(F)(F)F)cc1. The van der Waals surface area contributed by atoms with E-state index in [2.05, 4.69) is 9.71 Å². The molecule has 0 saturated heterocycles. The highest BCUT2D eigenvalue weighted by atomic mass is 32.2. The van der Waals surface area contributed by atoms with E-state index in [0.29, 0.717) is 16.7 Å². The molecule has 3 aromatic carbocycles. The van der Waals surface area contributed by atoms with Crippen molar-refractivity contribution in [2.45, 2.75) is 24.2 Å². The van der Waals surface area contributed by atoms with Gasteiger partial charge in [0.05, 0.1) is 21.9 Å². The third-order valence-electron chi connectivity index (χ3n) is 4.76. The Bertz CT molecular complexity index is 1310. The van der Waals surface area contributed by atoms with Gasteiger partial charge in [0.1, 0.15) is 5.84 Å². The second-order valence-corrected chi connectivity index (χ2v) is 8.94. The Kier molecular flexibility index (Phi) is 7.32. The topological polar surface area (TPSA) is 128 Å². The number of amidine groups is 1. The minimum Gasteiger partial charge on any atom is -0.383 e. The third kappa shape index (κ3) is 6.39. The summed E-state index contributed by atoms with van der Waals surface area (Å²) >= 11 is 0. The molecule has 0 aliphatic carbocycles. The number of nitrogens with zero attached hydrogens (tertiary/aromatic N) is 2. The Balaban J connectivity index is 1.65. The third-order valence-corrected chi connectivity index (χ3v) is 6.17. The lowest BCUT2D eigenvalue weighted by Crippen LogP contribution is -2.23. The van der Waals surface area contributed by atoms with Crippen LogP contribution in [-0.2, 0) is 29.3 Å². The largest absolute Gasteiger partial charge is 0.416 e. The Morgan fingerprint density at radius 3 is 2.21 bits per heavy atom. The average Bonchev–Trinajstić information content (AvgIpc) is 2.81. The quantitative estimate of drug-likeness (QED) is 0.213. The smallest absolute Gasteiger partial charge is 0.383 e. The number of aliphatic imine (C=N–C) groups is 1. The van der Waals surface area contributed by atoms with Crippen LogP contribution in [0.4, 0.5) is 18.9 Å². The minimum atomic E-state index is -4.44. The zero-order valence-electron chi connectivity index (χ0n) is 17.5. The normalized spacial score (nSPS) is 12.5. The van der Waals surface area contributed by atoms with Gasteiger partial charge in [-0.05, 0) is 35.4 Å². The van der Waals surface area contributed by atoms with Gasteiger partial charge >= 0.3 is 6.18 Å². The van der Waals surface area contributed by atoms with Gasteiger partial charge in [0.25, 0.3) is 5.69 Å². The van der Waals surface area contributed by atoms with Crippen molar-refractivity contribution < 1.29 is 26.5 Å². The van der Waals surface area contributed by atoms with Gasteiger partial charge in [0.2, 0.25) is 10.0 Å². The van der Waals surface area contributed by atoms with E-state index in [1.54, 1.807) is 24.3 Å². The Labute approximate surface area is 193 Å². The predicted octanol–water partition coefficient (Wildman–Crippen LogP) is 4.00. The minimum absolute atomic E-state index is 0.0364. The summed E-state index contributed by atoms with van der Waals surface area (Å²) in [5, 5.41) is 10.7. The fourth-order valence-corrected chi connectivity index (χ4v) is 3.96. The molecule has 3 rings (SSSR count). The maximum atomic E-state index is 12.7. The summed E-state index contributed by atoms with van der Waals surface area (Å²) in [4.78, 5) is 14.2. The Morgan fingerprint density at radius 2 is 1.62 bits per heavy atom. The van der Waals surface area contributed by atoms with Gasteiger partial charge in [-0.25, -0.2) is 13.1 Å². The van der Waals surface area contributed by atoms with Crippen molar-refractivity contribution in [1.29, 1.82) is 0 Å². The standard InChI is InChI=1S/C22H19F3N4O4S/c23-22(24,25)18-6-4-17(5-7-18)21(26)27-13-15-2-1-3-16(12-15)14-28-34(32,33)20-10-8-19(9-11-20)29(30)31/h1-12,28H,13-14H2,(H2,26,27). The number of hydrogen-bond acceptors (Lipinski definition) is 5. The van der Waals surface area contributed by atoms with E-state index in [9.17, 15) is 31.7 Å². The molecular formula is C22H19F3N4O4S. The van der Waals surface area contributed by atoms with Crippen molar-refractivity contribution in [1.82, 2.24) is 4.72 Å². The zero-order chi connectivity index (χ0) is 24.9. The number of hydrogen-bond donors (Lipinski definition) is 2. The van der Waals surface area contributed by atoms with E-state index in [1.807, 2.05) is 0 Å². The van der Waals surface area contributed by atoms with E-state index < -0.39 is 26.7 Å². The van der Waals surface area contributed by atoms with E-state index >= 15 is 0 Å². The molecule has 0 amide bonds. The second-order valence-electron chi connectivity index (χ2n) is 7.17. The second kappa shape index (κ2) is 10.0. The maximum absolute atomic E-state index is 12.7. The molecule has 34 heavy (non-hydrogen) atoms. The first kappa shape index (κ1) is 24.9. The van der Waals surface area contributed by atoms with E-state index in [-0.39, 0.29) is 29.5 Å². The fraction of sp³-hybridized carbons (Fsp3) is 0.136. The number of non-ortho nitro benzene ring substituents is 1. The Hall–Kier alpha value is -3.77. The predicted molar refractivity (Wildman–Crippen MR) is 119 cm³/mol. The number of nitro benzene ring substituents is 1. The number of nitrogens with two attached hydrogens (primary N) is 1. The van der Waals surface area contributed by atoms with Crippen LogP contribution in [0.25, 0.3) is 0 Å². The molecule has 3 aromatic rings. The van der Waals surface area contributed by atoms with E-state index in [1.165, 1.54) is 12.1 Å². The molecule has 0 atom stereocenters. The molecule has 8 nitrogen and oxygen atoms in total.